The van der Waals surface area contributed by atoms with E-state index in [0.717, 1.165) is 129 Å². The van der Waals surface area contributed by atoms with Gasteiger partial charge in [-0.2, -0.15) is 10.5 Å². The molecule has 10 nitrogen and oxygen atoms in total. The molecule has 4 aliphatic heterocycles. The second kappa shape index (κ2) is 19.7. The summed E-state index contributed by atoms with van der Waals surface area (Å²) in [5.41, 5.74) is 3.77. The Morgan fingerprint density at radius 3 is 1.35 bits per heavy atom. The van der Waals surface area contributed by atoms with Crippen LogP contribution in [0, 0.1) is 46.3 Å². The molecule has 6 fully saturated rings. The SMILES string of the molecule is CC1CCC(Oc2ccc3cc(CN4C5CCC4CC(C(=O)O)C5)ccc3c2C#N)CC1.COC(=O)C1CC2CCC(C1)N2Cc1ccc2c(C#N)c(OC3CCC(C)CC3)ccc2c1. The first-order valence-corrected chi connectivity index (χ1v) is 24.6. The molecule has 65 heavy (non-hydrogen) atoms. The van der Waals surface area contributed by atoms with Crippen molar-refractivity contribution in [3.63, 3.8) is 0 Å². The zero-order chi connectivity index (χ0) is 45.2. The predicted molar refractivity (Wildman–Crippen MR) is 251 cm³/mol. The Balaban J connectivity index is 0.000000164. The number of esters is 1. The lowest BCUT2D eigenvalue weighted by molar-refractivity contribution is -0.148. The third kappa shape index (κ3) is 9.86. The van der Waals surface area contributed by atoms with Gasteiger partial charge < -0.3 is 19.3 Å². The molecule has 1 N–H and O–H groups in total. The minimum atomic E-state index is -0.642. The highest BCUT2D eigenvalue weighted by atomic mass is 16.5. The van der Waals surface area contributed by atoms with Gasteiger partial charge >= 0.3 is 11.9 Å². The molecule has 4 bridgehead atoms. The number of carboxylic acids is 1. The van der Waals surface area contributed by atoms with E-state index in [1.165, 1.54) is 43.9 Å². The highest BCUT2D eigenvalue weighted by Gasteiger charge is 2.44. The first-order valence-electron chi connectivity index (χ1n) is 24.6. The summed E-state index contributed by atoms with van der Waals surface area (Å²) in [5, 5.41) is 33.3. The van der Waals surface area contributed by atoms with Crippen LogP contribution in [0.15, 0.2) is 60.7 Å². The van der Waals surface area contributed by atoms with Crippen LogP contribution in [0.1, 0.15) is 139 Å². The molecule has 10 rings (SSSR count). The van der Waals surface area contributed by atoms with Gasteiger partial charge in [0.25, 0.3) is 0 Å². The number of carboxylic acid groups (broad SMARTS) is 1. The van der Waals surface area contributed by atoms with Crippen molar-refractivity contribution in [2.45, 2.75) is 166 Å². The number of carbonyl (C=O) groups is 2. The second-order valence-corrected chi connectivity index (χ2v) is 20.5. The first kappa shape index (κ1) is 45.0. The number of methoxy groups -OCH3 is 1. The third-order valence-corrected chi connectivity index (χ3v) is 16.2. The molecule has 4 saturated heterocycles. The molecule has 4 aromatic carbocycles. The molecule has 4 heterocycles. The maximum atomic E-state index is 12.0. The fraction of sp³-hybridized carbons (Fsp3) is 0.564. The van der Waals surface area contributed by atoms with Crippen LogP contribution in [-0.2, 0) is 27.4 Å². The largest absolute Gasteiger partial charge is 0.489 e. The minimum Gasteiger partial charge on any atom is -0.489 e. The lowest BCUT2D eigenvalue weighted by Crippen LogP contribution is -2.44. The number of benzene rings is 4. The Kier molecular flexibility index (Phi) is 13.7. The molecular formula is C55H66N4O6. The van der Waals surface area contributed by atoms with Crippen LogP contribution >= 0.6 is 0 Å². The van der Waals surface area contributed by atoms with Crippen LogP contribution in [0.25, 0.3) is 21.5 Å². The lowest BCUT2D eigenvalue weighted by Gasteiger charge is -2.38. The number of carbonyl (C=O) groups excluding carboxylic acids is 1. The van der Waals surface area contributed by atoms with E-state index in [1.807, 2.05) is 12.1 Å². The van der Waals surface area contributed by atoms with Gasteiger partial charge in [-0.1, -0.05) is 50.2 Å². The van der Waals surface area contributed by atoms with Crippen molar-refractivity contribution in [1.29, 1.82) is 10.5 Å². The van der Waals surface area contributed by atoms with Gasteiger partial charge in [-0.15, -0.1) is 0 Å². The summed E-state index contributed by atoms with van der Waals surface area (Å²) < 4.78 is 17.6. The predicted octanol–water partition coefficient (Wildman–Crippen LogP) is 11.1. The van der Waals surface area contributed by atoms with E-state index in [9.17, 15) is 25.2 Å². The number of aliphatic carboxylic acids is 1. The fourth-order valence-electron chi connectivity index (χ4n) is 12.4. The number of nitrogens with zero attached hydrogens (tertiary/aromatic N) is 4. The maximum absolute atomic E-state index is 12.0. The smallest absolute Gasteiger partial charge is 0.308 e. The Morgan fingerprint density at radius 1 is 0.585 bits per heavy atom. The van der Waals surface area contributed by atoms with Gasteiger partial charge in [0, 0.05) is 48.0 Å². The summed E-state index contributed by atoms with van der Waals surface area (Å²) in [7, 11) is 1.49. The number of nitriles is 2. The van der Waals surface area contributed by atoms with Crippen LogP contribution in [0.2, 0.25) is 0 Å². The normalized spacial score (nSPS) is 29.9. The highest BCUT2D eigenvalue weighted by Crippen LogP contribution is 2.42. The van der Waals surface area contributed by atoms with Gasteiger partial charge in [-0.3, -0.25) is 19.4 Å². The molecular weight excluding hydrogens is 813 g/mol. The van der Waals surface area contributed by atoms with Crippen molar-refractivity contribution < 1.29 is 28.9 Å². The Labute approximate surface area is 384 Å². The van der Waals surface area contributed by atoms with E-state index < -0.39 is 5.97 Å². The van der Waals surface area contributed by atoms with Crippen molar-refractivity contribution in [3.8, 4) is 23.6 Å². The van der Waals surface area contributed by atoms with E-state index in [0.29, 0.717) is 41.0 Å². The van der Waals surface area contributed by atoms with Gasteiger partial charge in [0.1, 0.15) is 34.8 Å². The Bertz CT molecular complexity index is 2430. The summed E-state index contributed by atoms with van der Waals surface area (Å²) >= 11 is 0. The number of ether oxygens (including phenoxy) is 3. The topological polar surface area (TPSA) is 136 Å². The van der Waals surface area contributed by atoms with Crippen molar-refractivity contribution in [3.05, 3.63) is 82.9 Å². The number of piperidine rings is 2. The van der Waals surface area contributed by atoms with Gasteiger partial charge in [-0.05, 0) is 161 Å². The molecule has 4 aromatic rings. The van der Waals surface area contributed by atoms with E-state index in [4.69, 9.17) is 14.2 Å². The van der Waals surface area contributed by atoms with Gasteiger partial charge in [0.05, 0.1) is 31.2 Å². The summed E-state index contributed by atoms with van der Waals surface area (Å²) in [5.74, 6) is 2.14. The van der Waals surface area contributed by atoms with Gasteiger partial charge in [0.15, 0.2) is 0 Å². The number of hydrogen-bond donors (Lipinski definition) is 1. The van der Waals surface area contributed by atoms with Crippen LogP contribution in [0.5, 0.6) is 11.5 Å². The fourth-order valence-corrected chi connectivity index (χ4v) is 12.4. The number of hydrogen-bond acceptors (Lipinski definition) is 9. The van der Waals surface area contributed by atoms with Crippen molar-refractivity contribution in [2.75, 3.05) is 7.11 Å². The first-order chi connectivity index (χ1) is 31.6. The highest BCUT2D eigenvalue weighted by molar-refractivity contribution is 5.91. The standard InChI is InChI=1S/C28H34N2O3.C27H32N2O3/c1-18-3-9-24(10-4-18)33-27-12-6-20-13-19(5-11-25(20)26(27)16-29)17-30-22-7-8-23(30)15-21(14-22)28(31)32-2;1-17-2-8-23(9-3-17)32-26-11-5-19-12-18(4-10-24(19)25(26)15-28)16-29-21-6-7-22(29)14-20(13-21)27(30)31/h5-6,11-13,18,21-24H,3-4,7-10,14-15,17H2,1-2H3;4-5,10-12,17,20-23H,2-3,6-9,13-14,16H2,1H3,(H,30,31). The zero-order valence-electron chi connectivity index (χ0n) is 38.6. The molecule has 0 aromatic heterocycles. The maximum Gasteiger partial charge on any atom is 0.308 e. The van der Waals surface area contributed by atoms with Crippen LogP contribution in [0.3, 0.4) is 0 Å². The molecule has 2 aliphatic carbocycles. The van der Waals surface area contributed by atoms with E-state index in [2.05, 4.69) is 84.3 Å². The molecule has 4 unspecified atom stereocenters. The molecule has 4 atom stereocenters. The summed E-state index contributed by atoms with van der Waals surface area (Å²) in [6, 6.07) is 27.4. The van der Waals surface area contributed by atoms with Crippen LogP contribution in [-0.4, -0.2) is 70.3 Å². The van der Waals surface area contributed by atoms with Crippen molar-refractivity contribution in [2.24, 2.45) is 23.7 Å². The lowest BCUT2D eigenvalue weighted by atomic mass is 9.89. The molecule has 342 valence electrons. The minimum absolute atomic E-state index is 0.0457. The molecule has 0 radical (unpaired) electrons. The van der Waals surface area contributed by atoms with Crippen LogP contribution in [0.4, 0.5) is 0 Å². The average molecular weight is 879 g/mol. The van der Waals surface area contributed by atoms with Crippen molar-refractivity contribution in [1.82, 2.24) is 9.80 Å². The Morgan fingerprint density at radius 2 is 0.985 bits per heavy atom. The molecule has 0 spiro atoms. The van der Waals surface area contributed by atoms with E-state index in [-0.39, 0.29) is 30.0 Å². The monoisotopic (exact) mass is 878 g/mol. The summed E-state index contributed by atoms with van der Waals surface area (Å²) in [4.78, 5) is 28.6. The quantitative estimate of drug-likeness (QED) is 0.153. The van der Waals surface area contributed by atoms with Crippen molar-refractivity contribution >= 4 is 33.5 Å². The van der Waals surface area contributed by atoms with E-state index in [1.54, 1.807) is 0 Å². The zero-order valence-corrected chi connectivity index (χ0v) is 38.6. The summed E-state index contributed by atoms with van der Waals surface area (Å²) in [6.45, 7) is 6.33. The van der Waals surface area contributed by atoms with Gasteiger partial charge in [-0.25, -0.2) is 0 Å². The van der Waals surface area contributed by atoms with Crippen LogP contribution < -0.4 is 9.47 Å². The average Bonchev–Trinajstić information content (AvgIpc) is 3.66. The molecule has 10 heteroatoms. The van der Waals surface area contributed by atoms with Gasteiger partial charge in [0.2, 0.25) is 0 Å². The van der Waals surface area contributed by atoms with E-state index >= 15 is 0 Å². The number of fused-ring (bicyclic) bond motifs is 6. The summed E-state index contributed by atoms with van der Waals surface area (Å²) in [6.07, 6.45) is 17.3. The second-order valence-electron chi connectivity index (χ2n) is 20.5. The number of rotatable bonds is 10. The molecule has 0 amide bonds. The molecule has 6 aliphatic rings. The third-order valence-electron chi connectivity index (χ3n) is 16.2. The Hall–Kier alpha value is -5.16. The molecule has 2 saturated carbocycles.